The Balaban J connectivity index is 1.91. The van der Waals surface area contributed by atoms with Gasteiger partial charge >= 0.3 is 0 Å². The Morgan fingerprint density at radius 3 is 2.84 bits per heavy atom. The maximum Gasteiger partial charge on any atom is 0.265 e. The van der Waals surface area contributed by atoms with E-state index >= 15 is 0 Å². The van der Waals surface area contributed by atoms with Gasteiger partial charge in [-0.15, -0.1) is 22.7 Å². The van der Waals surface area contributed by atoms with Crippen LogP contribution in [0.3, 0.4) is 0 Å². The van der Waals surface area contributed by atoms with E-state index in [1.165, 1.54) is 11.3 Å². The summed E-state index contributed by atoms with van der Waals surface area (Å²) in [5.74, 6) is -0.102. The van der Waals surface area contributed by atoms with Gasteiger partial charge in [0, 0.05) is 9.40 Å². The fraction of sp³-hybridized carbons (Fsp3) is 0.0714. The number of aryl methyl sites for hydroxylation is 1. The van der Waals surface area contributed by atoms with Crippen LogP contribution in [0.25, 0.3) is 9.40 Å². The van der Waals surface area contributed by atoms with E-state index in [4.69, 9.17) is 5.73 Å². The maximum absolute atomic E-state index is 12.2. The Morgan fingerprint density at radius 1 is 1.26 bits per heavy atom. The van der Waals surface area contributed by atoms with Crippen LogP contribution in [0.5, 0.6) is 0 Å². The molecule has 0 aliphatic carbocycles. The van der Waals surface area contributed by atoms with Crippen LogP contribution in [-0.2, 0) is 0 Å². The minimum absolute atomic E-state index is 0.102. The first-order valence-electron chi connectivity index (χ1n) is 5.78. The van der Waals surface area contributed by atoms with Crippen LogP contribution in [0.1, 0.15) is 15.2 Å². The van der Waals surface area contributed by atoms with Gasteiger partial charge in [-0.25, -0.2) is 0 Å². The van der Waals surface area contributed by atoms with Crippen LogP contribution in [-0.4, -0.2) is 5.91 Å². The molecule has 0 bridgehead atoms. The average Bonchev–Trinajstić information content (AvgIpc) is 2.94. The Kier molecular flexibility index (Phi) is 3.00. The van der Waals surface area contributed by atoms with E-state index in [0.717, 1.165) is 15.0 Å². The third-order valence-electron chi connectivity index (χ3n) is 2.91. The van der Waals surface area contributed by atoms with E-state index in [9.17, 15) is 4.79 Å². The first kappa shape index (κ1) is 12.2. The van der Waals surface area contributed by atoms with Gasteiger partial charge in [-0.3, -0.25) is 4.79 Å². The van der Waals surface area contributed by atoms with E-state index in [2.05, 4.69) is 5.32 Å². The monoisotopic (exact) mass is 288 g/mol. The van der Waals surface area contributed by atoms with E-state index in [1.807, 2.05) is 36.6 Å². The SMILES string of the molecule is Cc1cccc(N)c1NC(=O)c1cc2sccc2s1. The van der Waals surface area contributed by atoms with Crippen LogP contribution in [0.2, 0.25) is 0 Å². The van der Waals surface area contributed by atoms with Crippen LogP contribution in [0, 0.1) is 6.92 Å². The van der Waals surface area contributed by atoms with E-state index < -0.39 is 0 Å². The molecule has 1 amide bonds. The van der Waals surface area contributed by atoms with Crippen molar-refractivity contribution in [3.8, 4) is 0 Å². The van der Waals surface area contributed by atoms with Crippen molar-refractivity contribution in [2.75, 3.05) is 11.1 Å². The quantitative estimate of drug-likeness (QED) is 0.697. The second-order valence-electron chi connectivity index (χ2n) is 4.25. The first-order chi connectivity index (χ1) is 9.15. The molecule has 3 N–H and O–H groups in total. The van der Waals surface area contributed by atoms with E-state index in [0.29, 0.717) is 16.3 Å². The Bertz CT molecular complexity index is 709. The zero-order valence-electron chi connectivity index (χ0n) is 10.3. The summed E-state index contributed by atoms with van der Waals surface area (Å²) in [5.41, 5.74) is 8.15. The van der Waals surface area contributed by atoms with Gasteiger partial charge in [-0.05, 0) is 36.1 Å². The normalized spacial score (nSPS) is 10.8. The predicted octanol–water partition coefficient (Wildman–Crippen LogP) is 4.11. The highest BCUT2D eigenvalue weighted by molar-refractivity contribution is 7.27. The Labute approximate surface area is 118 Å². The minimum Gasteiger partial charge on any atom is -0.397 e. The summed E-state index contributed by atoms with van der Waals surface area (Å²) in [6, 6.07) is 9.55. The van der Waals surface area contributed by atoms with Crippen molar-refractivity contribution in [1.29, 1.82) is 0 Å². The molecule has 0 atom stereocenters. The molecule has 2 heterocycles. The lowest BCUT2D eigenvalue weighted by Gasteiger charge is -2.09. The molecule has 0 unspecified atom stereocenters. The molecule has 0 radical (unpaired) electrons. The lowest BCUT2D eigenvalue weighted by Crippen LogP contribution is -2.12. The number of rotatable bonds is 2. The number of fused-ring (bicyclic) bond motifs is 1. The molecule has 1 aromatic carbocycles. The number of thiophene rings is 2. The van der Waals surface area contributed by atoms with Gasteiger partial charge in [0.2, 0.25) is 0 Å². The van der Waals surface area contributed by atoms with Gasteiger partial charge < -0.3 is 11.1 Å². The van der Waals surface area contributed by atoms with Crippen molar-refractivity contribution in [2.45, 2.75) is 6.92 Å². The van der Waals surface area contributed by atoms with Crippen molar-refractivity contribution in [3.05, 3.63) is 46.2 Å². The molecule has 19 heavy (non-hydrogen) atoms. The Morgan fingerprint density at radius 2 is 2.11 bits per heavy atom. The second-order valence-corrected chi connectivity index (χ2v) is 6.28. The fourth-order valence-electron chi connectivity index (χ4n) is 1.91. The fourth-order valence-corrected chi connectivity index (χ4v) is 3.92. The number of anilines is 2. The van der Waals surface area contributed by atoms with Crippen LogP contribution in [0.15, 0.2) is 35.7 Å². The number of carbonyl (C=O) groups is 1. The molecule has 0 saturated heterocycles. The van der Waals surface area contributed by atoms with Gasteiger partial charge in [-0.2, -0.15) is 0 Å². The van der Waals surface area contributed by atoms with Crippen molar-refractivity contribution in [1.82, 2.24) is 0 Å². The van der Waals surface area contributed by atoms with E-state index in [-0.39, 0.29) is 5.91 Å². The molecule has 2 aromatic heterocycles. The number of nitrogens with one attached hydrogen (secondary N) is 1. The zero-order valence-corrected chi connectivity index (χ0v) is 11.9. The number of nitrogen functional groups attached to an aromatic ring is 1. The first-order valence-corrected chi connectivity index (χ1v) is 7.48. The van der Waals surface area contributed by atoms with E-state index in [1.54, 1.807) is 17.4 Å². The molecule has 96 valence electrons. The van der Waals surface area contributed by atoms with Crippen molar-refractivity contribution < 1.29 is 4.79 Å². The Hall–Kier alpha value is -1.85. The molecular weight excluding hydrogens is 276 g/mol. The van der Waals surface area contributed by atoms with Crippen LogP contribution >= 0.6 is 22.7 Å². The number of hydrogen-bond acceptors (Lipinski definition) is 4. The summed E-state index contributed by atoms with van der Waals surface area (Å²) in [6.07, 6.45) is 0. The van der Waals surface area contributed by atoms with Gasteiger partial charge in [0.25, 0.3) is 5.91 Å². The van der Waals surface area contributed by atoms with Crippen molar-refractivity contribution in [3.63, 3.8) is 0 Å². The molecule has 0 saturated carbocycles. The number of benzene rings is 1. The molecule has 0 aliphatic rings. The summed E-state index contributed by atoms with van der Waals surface area (Å²) >= 11 is 3.14. The standard InChI is InChI=1S/C14H12N2OS2/c1-8-3-2-4-9(15)13(8)16-14(17)12-7-11-10(19-12)5-6-18-11/h2-7H,15H2,1H3,(H,16,17). The summed E-state index contributed by atoms with van der Waals surface area (Å²) < 4.78 is 2.29. The number of nitrogens with two attached hydrogens (primary N) is 1. The second kappa shape index (κ2) is 4.68. The molecule has 3 rings (SSSR count). The van der Waals surface area contributed by atoms with Crippen molar-refractivity contribution >= 4 is 49.4 Å². The number of para-hydroxylation sites is 1. The van der Waals surface area contributed by atoms with Crippen LogP contribution in [0.4, 0.5) is 11.4 Å². The van der Waals surface area contributed by atoms with Gasteiger partial charge in [-0.1, -0.05) is 12.1 Å². The van der Waals surface area contributed by atoms with Crippen LogP contribution < -0.4 is 11.1 Å². The summed E-state index contributed by atoms with van der Waals surface area (Å²) in [7, 11) is 0. The van der Waals surface area contributed by atoms with Gasteiger partial charge in [0.05, 0.1) is 16.3 Å². The highest BCUT2D eigenvalue weighted by atomic mass is 32.1. The third-order valence-corrected chi connectivity index (χ3v) is 5.00. The molecule has 0 aliphatic heterocycles. The van der Waals surface area contributed by atoms with Crippen molar-refractivity contribution in [2.24, 2.45) is 0 Å². The summed E-state index contributed by atoms with van der Waals surface area (Å²) in [5, 5.41) is 4.93. The maximum atomic E-state index is 12.2. The molecular formula is C14H12N2OS2. The molecule has 0 fully saturated rings. The predicted molar refractivity (Wildman–Crippen MR) is 83.2 cm³/mol. The number of amides is 1. The summed E-state index contributed by atoms with van der Waals surface area (Å²) in [6.45, 7) is 1.93. The van der Waals surface area contributed by atoms with Gasteiger partial charge in [0.1, 0.15) is 0 Å². The lowest BCUT2D eigenvalue weighted by molar-refractivity contribution is 0.103. The molecule has 0 spiro atoms. The molecule has 3 nitrogen and oxygen atoms in total. The zero-order chi connectivity index (χ0) is 13.4. The average molecular weight is 288 g/mol. The highest BCUT2D eigenvalue weighted by Crippen LogP contribution is 2.31. The molecule has 5 heteroatoms. The number of hydrogen-bond donors (Lipinski definition) is 2. The molecule has 3 aromatic rings. The smallest absolute Gasteiger partial charge is 0.265 e. The largest absolute Gasteiger partial charge is 0.397 e. The number of carbonyl (C=O) groups excluding carboxylic acids is 1. The highest BCUT2D eigenvalue weighted by Gasteiger charge is 2.13. The third kappa shape index (κ3) is 2.22. The lowest BCUT2D eigenvalue weighted by atomic mass is 10.1. The topological polar surface area (TPSA) is 55.1 Å². The minimum atomic E-state index is -0.102. The van der Waals surface area contributed by atoms with Gasteiger partial charge in [0.15, 0.2) is 0 Å². The summed E-state index contributed by atoms with van der Waals surface area (Å²) in [4.78, 5) is 12.9.